The number of halogens is 1. The standard InChI is InChI=1S/C18H15IN2O4/c1-25-18(24)14-15(22)12-8-10-21(17(23)13(12)16(19)20-14)9-7-11-5-3-2-4-6-11/h2-6,8,10,22H,7,9H2,1H3. The van der Waals surface area contributed by atoms with Crippen LogP contribution in [0.3, 0.4) is 0 Å². The predicted octanol–water partition coefficient (Wildman–Crippen LogP) is 2.74. The van der Waals surface area contributed by atoms with Crippen molar-refractivity contribution in [1.29, 1.82) is 0 Å². The molecule has 0 radical (unpaired) electrons. The second-order valence-electron chi connectivity index (χ2n) is 5.43. The number of rotatable bonds is 4. The number of esters is 1. The number of aromatic hydroxyl groups is 1. The van der Waals surface area contributed by atoms with Crippen molar-refractivity contribution in [2.24, 2.45) is 0 Å². The van der Waals surface area contributed by atoms with Gasteiger partial charge in [-0.2, -0.15) is 0 Å². The summed E-state index contributed by atoms with van der Waals surface area (Å²) < 4.78 is 6.55. The molecule has 0 saturated heterocycles. The van der Waals surface area contributed by atoms with E-state index in [2.05, 4.69) is 9.72 Å². The van der Waals surface area contributed by atoms with Gasteiger partial charge in [-0.05, 0) is 40.6 Å². The number of benzene rings is 1. The van der Waals surface area contributed by atoms with Gasteiger partial charge in [0.15, 0.2) is 11.4 Å². The molecule has 2 heterocycles. The molecule has 1 aromatic carbocycles. The van der Waals surface area contributed by atoms with Crippen molar-refractivity contribution < 1.29 is 14.6 Å². The van der Waals surface area contributed by atoms with E-state index in [1.165, 1.54) is 7.11 Å². The Morgan fingerprint density at radius 1 is 1.28 bits per heavy atom. The third-order valence-electron chi connectivity index (χ3n) is 3.92. The van der Waals surface area contributed by atoms with Crippen LogP contribution in [0.2, 0.25) is 0 Å². The Kier molecular flexibility index (Phi) is 5.03. The molecule has 6 nitrogen and oxygen atoms in total. The van der Waals surface area contributed by atoms with Crippen molar-refractivity contribution in [1.82, 2.24) is 9.55 Å². The molecule has 0 bridgehead atoms. The maximum atomic E-state index is 12.8. The fourth-order valence-corrected chi connectivity index (χ4v) is 3.38. The van der Waals surface area contributed by atoms with Crippen molar-refractivity contribution in [3.63, 3.8) is 0 Å². The third kappa shape index (κ3) is 3.37. The summed E-state index contributed by atoms with van der Waals surface area (Å²) in [5.74, 6) is -1.08. The normalized spacial score (nSPS) is 10.8. The topological polar surface area (TPSA) is 81.4 Å². The summed E-state index contributed by atoms with van der Waals surface area (Å²) in [6, 6.07) is 11.5. The number of nitrogens with zero attached hydrogens (tertiary/aromatic N) is 2. The summed E-state index contributed by atoms with van der Waals surface area (Å²) in [5.41, 5.74) is 0.684. The first-order valence-corrected chi connectivity index (χ1v) is 8.64. The highest BCUT2D eigenvalue weighted by Gasteiger charge is 2.21. The fraction of sp³-hybridized carbons (Fsp3) is 0.167. The van der Waals surface area contributed by atoms with E-state index < -0.39 is 5.97 Å². The highest BCUT2D eigenvalue weighted by Crippen LogP contribution is 2.28. The zero-order chi connectivity index (χ0) is 18.0. The van der Waals surface area contributed by atoms with Gasteiger partial charge in [0, 0.05) is 18.1 Å². The van der Waals surface area contributed by atoms with Crippen molar-refractivity contribution in [2.75, 3.05) is 7.11 Å². The van der Waals surface area contributed by atoms with Crippen LogP contribution in [-0.4, -0.2) is 27.7 Å². The first-order valence-electron chi connectivity index (χ1n) is 7.56. The lowest BCUT2D eigenvalue weighted by Crippen LogP contribution is -2.22. The highest BCUT2D eigenvalue weighted by molar-refractivity contribution is 14.1. The number of hydrogen-bond acceptors (Lipinski definition) is 5. The Hall–Kier alpha value is -2.42. The largest absolute Gasteiger partial charge is 0.505 e. The van der Waals surface area contributed by atoms with E-state index in [1.807, 2.05) is 52.9 Å². The van der Waals surface area contributed by atoms with Crippen molar-refractivity contribution in [3.05, 3.63) is 67.9 Å². The minimum atomic E-state index is -0.745. The SMILES string of the molecule is COC(=O)c1nc(I)c2c(=O)n(CCc3ccccc3)ccc2c1O. The van der Waals surface area contributed by atoms with Gasteiger partial charge in [-0.3, -0.25) is 4.79 Å². The minimum Gasteiger partial charge on any atom is -0.505 e. The van der Waals surface area contributed by atoms with Gasteiger partial charge < -0.3 is 14.4 Å². The van der Waals surface area contributed by atoms with Gasteiger partial charge in [0.05, 0.1) is 12.5 Å². The minimum absolute atomic E-state index is 0.194. The molecule has 3 rings (SSSR count). The first-order chi connectivity index (χ1) is 12.0. The Bertz CT molecular complexity index is 999. The lowest BCUT2D eigenvalue weighted by molar-refractivity contribution is 0.0590. The van der Waals surface area contributed by atoms with E-state index in [-0.39, 0.29) is 17.0 Å². The van der Waals surface area contributed by atoms with Gasteiger partial charge in [0.2, 0.25) is 0 Å². The quantitative estimate of drug-likeness (QED) is 0.376. The molecule has 0 fully saturated rings. The maximum Gasteiger partial charge on any atom is 0.360 e. The van der Waals surface area contributed by atoms with E-state index in [1.54, 1.807) is 16.8 Å². The van der Waals surface area contributed by atoms with Crippen LogP contribution in [-0.2, 0) is 17.7 Å². The van der Waals surface area contributed by atoms with Crippen LogP contribution in [0.1, 0.15) is 16.1 Å². The predicted molar refractivity (Wildman–Crippen MR) is 102 cm³/mol. The Morgan fingerprint density at radius 2 is 2.00 bits per heavy atom. The number of hydrogen-bond donors (Lipinski definition) is 1. The lowest BCUT2D eigenvalue weighted by atomic mass is 10.1. The summed E-state index contributed by atoms with van der Waals surface area (Å²) in [5, 5.41) is 10.9. The summed E-state index contributed by atoms with van der Waals surface area (Å²) in [7, 11) is 1.21. The zero-order valence-electron chi connectivity index (χ0n) is 13.4. The van der Waals surface area contributed by atoms with Gasteiger partial charge in [-0.15, -0.1) is 0 Å². The molecule has 25 heavy (non-hydrogen) atoms. The van der Waals surface area contributed by atoms with Gasteiger partial charge in [0.25, 0.3) is 5.56 Å². The summed E-state index contributed by atoms with van der Waals surface area (Å²) in [6.45, 7) is 0.508. The molecule has 0 aliphatic rings. The third-order valence-corrected chi connectivity index (χ3v) is 4.70. The molecule has 0 aliphatic carbocycles. The van der Waals surface area contributed by atoms with Crippen LogP contribution >= 0.6 is 22.6 Å². The smallest absolute Gasteiger partial charge is 0.360 e. The number of carbonyl (C=O) groups excluding carboxylic acids is 1. The van der Waals surface area contributed by atoms with Crippen LogP contribution in [0.15, 0.2) is 47.4 Å². The highest BCUT2D eigenvalue weighted by atomic mass is 127. The van der Waals surface area contributed by atoms with Crippen molar-refractivity contribution in [2.45, 2.75) is 13.0 Å². The molecular formula is C18H15IN2O4. The van der Waals surface area contributed by atoms with E-state index in [4.69, 9.17) is 0 Å². The molecule has 0 spiro atoms. The molecule has 0 atom stereocenters. The van der Waals surface area contributed by atoms with Crippen LogP contribution in [0.4, 0.5) is 0 Å². The maximum absolute atomic E-state index is 12.8. The summed E-state index contributed by atoms with van der Waals surface area (Å²) >= 11 is 1.89. The number of carbonyl (C=O) groups is 1. The van der Waals surface area contributed by atoms with Crippen LogP contribution in [0, 0.1) is 3.70 Å². The second kappa shape index (κ2) is 7.22. The average Bonchev–Trinajstić information content (AvgIpc) is 2.63. The second-order valence-corrected chi connectivity index (χ2v) is 6.45. The number of methoxy groups -OCH3 is 1. The van der Waals surface area contributed by atoms with Crippen LogP contribution in [0.25, 0.3) is 10.8 Å². The van der Waals surface area contributed by atoms with Crippen LogP contribution in [0.5, 0.6) is 5.75 Å². The average molecular weight is 450 g/mol. The van der Waals surface area contributed by atoms with E-state index >= 15 is 0 Å². The lowest BCUT2D eigenvalue weighted by Gasteiger charge is -2.11. The summed E-state index contributed by atoms with van der Waals surface area (Å²) in [4.78, 5) is 28.5. The monoisotopic (exact) mass is 450 g/mol. The van der Waals surface area contributed by atoms with Gasteiger partial charge in [0.1, 0.15) is 3.70 Å². The number of ether oxygens (including phenoxy) is 1. The summed E-state index contributed by atoms with van der Waals surface area (Å²) in [6.07, 6.45) is 2.33. The van der Waals surface area contributed by atoms with Gasteiger partial charge in [-0.25, -0.2) is 9.78 Å². The molecular weight excluding hydrogens is 435 g/mol. The molecule has 0 unspecified atom stereocenters. The van der Waals surface area contributed by atoms with Crippen molar-refractivity contribution in [3.8, 4) is 5.75 Å². The molecule has 0 amide bonds. The van der Waals surface area contributed by atoms with Gasteiger partial charge >= 0.3 is 5.97 Å². The Labute approximate surface area is 157 Å². The molecule has 0 aliphatic heterocycles. The van der Waals surface area contributed by atoms with E-state index in [0.717, 1.165) is 5.56 Å². The zero-order valence-corrected chi connectivity index (χ0v) is 15.6. The van der Waals surface area contributed by atoms with E-state index in [9.17, 15) is 14.7 Å². The molecule has 128 valence electrons. The molecule has 2 aromatic heterocycles. The Morgan fingerprint density at radius 3 is 2.68 bits per heavy atom. The first kappa shape index (κ1) is 17.4. The van der Waals surface area contributed by atoms with Gasteiger partial charge in [-0.1, -0.05) is 30.3 Å². The number of pyridine rings is 2. The van der Waals surface area contributed by atoms with Crippen molar-refractivity contribution >= 4 is 39.3 Å². The number of aryl methyl sites for hydroxylation is 2. The molecule has 1 N–H and O–H groups in total. The van der Waals surface area contributed by atoms with Crippen LogP contribution < -0.4 is 5.56 Å². The fourth-order valence-electron chi connectivity index (χ4n) is 2.61. The number of aromatic nitrogens is 2. The molecule has 7 heteroatoms. The Balaban J connectivity index is 2.04. The number of fused-ring (bicyclic) bond motifs is 1. The molecule has 3 aromatic rings. The van der Waals surface area contributed by atoms with E-state index in [0.29, 0.717) is 27.4 Å². The molecule has 0 saturated carbocycles.